The fourth-order valence-corrected chi connectivity index (χ4v) is 5.00. The maximum Gasteiger partial charge on any atom is 0.431 e. The van der Waals surface area contributed by atoms with Crippen LogP contribution in [0.2, 0.25) is 0 Å². The zero-order chi connectivity index (χ0) is 34.6. The highest BCUT2D eigenvalue weighted by atomic mass is 35.5. The van der Waals surface area contributed by atoms with Gasteiger partial charge in [-0.2, -0.15) is 13.2 Å². The van der Waals surface area contributed by atoms with Gasteiger partial charge in [0, 0.05) is 24.4 Å². The van der Waals surface area contributed by atoms with Gasteiger partial charge in [-0.15, -0.1) is 12.4 Å². The van der Waals surface area contributed by atoms with Crippen molar-refractivity contribution in [2.75, 3.05) is 40.5 Å². The predicted octanol–water partition coefficient (Wildman–Crippen LogP) is 5.11. The van der Waals surface area contributed by atoms with E-state index in [1.807, 2.05) is 6.07 Å². The molecule has 0 saturated carbocycles. The van der Waals surface area contributed by atoms with Crippen LogP contribution < -0.4 is 20.1 Å². The molecule has 16 heteroatoms. The summed E-state index contributed by atoms with van der Waals surface area (Å²) in [6, 6.07) is 11.8. The lowest BCUT2D eigenvalue weighted by Crippen LogP contribution is -2.38. The topological polar surface area (TPSA) is 158 Å². The quantitative estimate of drug-likeness (QED) is 0.0871. The Morgan fingerprint density at radius 3 is 2.35 bits per heavy atom. The first-order chi connectivity index (χ1) is 22.4. The molecule has 3 rings (SSSR count). The van der Waals surface area contributed by atoms with Gasteiger partial charge in [-0.05, 0) is 44.0 Å². The summed E-state index contributed by atoms with van der Waals surface area (Å²) < 4.78 is 63.0. The minimum absolute atomic E-state index is 0. The number of ether oxygens (including phenoxy) is 4. The number of rotatable bonds is 17. The smallest absolute Gasteiger partial charge is 0.431 e. The Bertz CT molecular complexity index is 1480. The second-order valence-corrected chi connectivity index (χ2v) is 10.6. The van der Waals surface area contributed by atoms with Crippen molar-refractivity contribution in [2.45, 2.75) is 50.8 Å². The largest absolute Gasteiger partial charge is 0.493 e. The van der Waals surface area contributed by atoms with Crippen LogP contribution in [0.3, 0.4) is 0 Å². The summed E-state index contributed by atoms with van der Waals surface area (Å²) in [6.07, 6.45) is -3.11. The molecule has 1 aliphatic rings. The summed E-state index contributed by atoms with van der Waals surface area (Å²) in [5, 5.41) is 26.8. The number of para-hydroxylation sites is 2. The molecule has 2 aromatic rings. The maximum atomic E-state index is 14.0. The molecule has 0 radical (unpaired) electrons. The SMILES string of the molecule is COC(=O)C1=C(C(F)(F)F)NC(C)=C(C(=O)OCCCCCCNCC(O)COc2ccccc2OC)C1c1cccc([N+](=O)[O-])c1.Cl. The number of benzene rings is 2. The molecule has 2 aromatic carbocycles. The number of nitro groups is 1. The highest BCUT2D eigenvalue weighted by Gasteiger charge is 2.47. The molecule has 12 nitrogen and oxygen atoms in total. The summed E-state index contributed by atoms with van der Waals surface area (Å²) >= 11 is 0. The number of unbranched alkanes of at least 4 members (excludes halogenated alkanes) is 3. The van der Waals surface area contributed by atoms with Crippen LogP contribution in [0, 0.1) is 10.1 Å². The highest BCUT2D eigenvalue weighted by molar-refractivity contribution is 6.00. The Morgan fingerprint density at radius 1 is 1.02 bits per heavy atom. The van der Waals surface area contributed by atoms with Crippen molar-refractivity contribution < 1.29 is 51.7 Å². The maximum absolute atomic E-state index is 14.0. The van der Waals surface area contributed by atoms with Crippen LogP contribution >= 0.6 is 12.4 Å². The number of carbonyl (C=O) groups is 2. The number of allylic oxidation sites excluding steroid dienone is 2. The predicted molar refractivity (Wildman–Crippen MR) is 171 cm³/mol. The van der Waals surface area contributed by atoms with Crippen LogP contribution in [0.5, 0.6) is 11.5 Å². The van der Waals surface area contributed by atoms with Gasteiger partial charge in [-0.1, -0.05) is 37.1 Å². The average molecular weight is 702 g/mol. The van der Waals surface area contributed by atoms with Crippen molar-refractivity contribution in [1.82, 2.24) is 10.6 Å². The lowest BCUT2D eigenvalue weighted by atomic mass is 9.80. The van der Waals surface area contributed by atoms with Gasteiger partial charge < -0.3 is 34.7 Å². The molecule has 3 N–H and O–H groups in total. The van der Waals surface area contributed by atoms with Gasteiger partial charge in [0.25, 0.3) is 5.69 Å². The summed E-state index contributed by atoms with van der Waals surface area (Å²) in [7, 11) is 2.43. The molecule has 48 heavy (non-hydrogen) atoms. The van der Waals surface area contributed by atoms with Crippen molar-refractivity contribution in [3.63, 3.8) is 0 Å². The molecule has 0 fully saturated rings. The summed E-state index contributed by atoms with van der Waals surface area (Å²) in [4.78, 5) is 36.7. The number of dihydropyridines is 1. The Kier molecular flexibility index (Phi) is 15.7. The molecular weight excluding hydrogens is 663 g/mol. The molecule has 0 saturated heterocycles. The third-order valence-corrected chi connectivity index (χ3v) is 7.25. The number of hydrogen-bond acceptors (Lipinski definition) is 11. The highest BCUT2D eigenvalue weighted by Crippen LogP contribution is 2.44. The van der Waals surface area contributed by atoms with Crippen LogP contribution in [-0.4, -0.2) is 74.8 Å². The van der Waals surface area contributed by atoms with Crippen LogP contribution in [0.4, 0.5) is 18.9 Å². The van der Waals surface area contributed by atoms with Crippen molar-refractivity contribution in [3.05, 3.63) is 86.7 Å². The van der Waals surface area contributed by atoms with E-state index in [0.29, 0.717) is 37.4 Å². The number of aliphatic hydroxyl groups is 1. The third kappa shape index (κ3) is 10.9. The number of nitrogens with zero attached hydrogens (tertiary/aromatic N) is 1. The van der Waals surface area contributed by atoms with E-state index in [9.17, 15) is 38.0 Å². The molecule has 0 bridgehead atoms. The standard InChI is InChI=1S/C32H38F3N3O9.ClH/c1-20-26(27(21-11-10-12-22(17-21)38(42)43)28(30(40)45-3)29(37-20)32(33,34)35)31(41)46-16-9-5-4-8-15-36-18-23(39)19-47-25-14-7-6-13-24(25)44-2;/h6-7,10-14,17,23,27,36-37,39H,4-5,8-9,15-16,18-19H2,1-3H3;1H. The van der Waals surface area contributed by atoms with E-state index in [0.717, 1.165) is 32.1 Å². The number of non-ortho nitro benzene ring substituents is 1. The summed E-state index contributed by atoms with van der Waals surface area (Å²) in [5.74, 6) is -2.87. The van der Waals surface area contributed by atoms with Crippen LogP contribution in [-0.2, 0) is 19.1 Å². The van der Waals surface area contributed by atoms with Gasteiger partial charge in [0.15, 0.2) is 11.5 Å². The number of halogens is 4. The minimum Gasteiger partial charge on any atom is -0.493 e. The van der Waals surface area contributed by atoms with Crippen LogP contribution in [0.15, 0.2) is 71.1 Å². The van der Waals surface area contributed by atoms with Crippen molar-refractivity contribution >= 4 is 30.0 Å². The van der Waals surface area contributed by atoms with E-state index in [-0.39, 0.29) is 42.5 Å². The first kappa shape index (κ1) is 39.8. The minimum atomic E-state index is -5.03. The molecule has 264 valence electrons. The first-order valence-corrected chi connectivity index (χ1v) is 14.8. The fraction of sp³-hybridized carbons (Fsp3) is 0.438. The van der Waals surface area contributed by atoms with Gasteiger partial charge in [0.2, 0.25) is 0 Å². The van der Waals surface area contributed by atoms with Crippen molar-refractivity contribution in [3.8, 4) is 11.5 Å². The number of methoxy groups -OCH3 is 2. The van der Waals surface area contributed by atoms with E-state index in [4.69, 9.17) is 14.2 Å². The van der Waals surface area contributed by atoms with Crippen molar-refractivity contribution in [1.29, 1.82) is 0 Å². The number of aliphatic hydroxyl groups excluding tert-OH is 1. The molecule has 2 atom stereocenters. The van der Waals surface area contributed by atoms with Gasteiger partial charge in [-0.25, -0.2) is 9.59 Å². The number of alkyl halides is 3. The van der Waals surface area contributed by atoms with E-state index in [1.54, 1.807) is 18.2 Å². The molecule has 1 aliphatic heterocycles. The van der Waals surface area contributed by atoms with Crippen molar-refractivity contribution in [2.24, 2.45) is 0 Å². The molecule has 0 aliphatic carbocycles. The monoisotopic (exact) mass is 701 g/mol. The fourth-order valence-electron chi connectivity index (χ4n) is 5.00. The number of nitrogens with one attached hydrogen (secondary N) is 2. The number of nitro benzene ring substituents is 1. The van der Waals surface area contributed by atoms with E-state index >= 15 is 0 Å². The van der Waals surface area contributed by atoms with Gasteiger partial charge in [0.05, 0.1) is 42.8 Å². The van der Waals surface area contributed by atoms with E-state index in [1.165, 1.54) is 26.2 Å². The molecule has 0 aromatic heterocycles. The van der Waals surface area contributed by atoms with E-state index < -0.39 is 52.0 Å². The Balaban J connectivity index is 0.00000800. The zero-order valence-corrected chi connectivity index (χ0v) is 27.4. The summed E-state index contributed by atoms with van der Waals surface area (Å²) in [5.41, 5.74) is -3.38. The molecule has 2 unspecified atom stereocenters. The Hall–Kier alpha value is -4.34. The Labute approximate surface area is 281 Å². The van der Waals surface area contributed by atoms with E-state index in [2.05, 4.69) is 15.4 Å². The lowest BCUT2D eigenvalue weighted by Gasteiger charge is -2.31. The second-order valence-electron chi connectivity index (χ2n) is 10.6. The molecular formula is C32H39ClF3N3O9. The molecule has 0 amide bonds. The van der Waals surface area contributed by atoms with Crippen LogP contribution in [0.1, 0.15) is 44.1 Å². The molecule has 0 spiro atoms. The van der Waals surface area contributed by atoms with Crippen LogP contribution in [0.25, 0.3) is 0 Å². The second kappa shape index (κ2) is 18.9. The van der Waals surface area contributed by atoms with Gasteiger partial charge in [0.1, 0.15) is 18.4 Å². The number of hydrogen-bond donors (Lipinski definition) is 3. The number of esters is 2. The Morgan fingerprint density at radius 2 is 1.71 bits per heavy atom. The van der Waals surface area contributed by atoms with Gasteiger partial charge in [-0.3, -0.25) is 10.1 Å². The first-order valence-electron chi connectivity index (χ1n) is 14.8. The number of carbonyl (C=O) groups excluding carboxylic acids is 2. The normalized spacial score (nSPS) is 15.2. The van der Waals surface area contributed by atoms with Gasteiger partial charge >= 0.3 is 18.1 Å². The zero-order valence-electron chi connectivity index (χ0n) is 26.6. The average Bonchev–Trinajstić information content (AvgIpc) is 3.05. The third-order valence-electron chi connectivity index (χ3n) is 7.25. The summed E-state index contributed by atoms with van der Waals surface area (Å²) in [6.45, 7) is 2.21. The lowest BCUT2D eigenvalue weighted by molar-refractivity contribution is -0.384. The molecule has 1 heterocycles.